The summed E-state index contributed by atoms with van der Waals surface area (Å²) in [5.74, 6) is -0.155. The lowest BCUT2D eigenvalue weighted by Crippen LogP contribution is -2.09. The lowest BCUT2D eigenvalue weighted by atomic mass is 10.0. The second-order valence-electron chi connectivity index (χ2n) is 5.46. The van der Waals surface area contributed by atoms with E-state index in [2.05, 4.69) is 6.92 Å². The largest absolute Gasteiger partial charge is 0.370 e. The molecule has 0 aromatic rings. The van der Waals surface area contributed by atoms with Gasteiger partial charge in [-0.1, -0.05) is 84.0 Å². The van der Waals surface area contributed by atoms with Gasteiger partial charge in [0.2, 0.25) is 5.91 Å². The standard InChI is InChI=1S/C16H33NO.ClH/c1-2-3-4-5-6-7-8-9-10-11-12-13-14-15-16(17)18;/h2-15H2,1H3,(H2,17,18);1H. The van der Waals surface area contributed by atoms with E-state index in [4.69, 9.17) is 5.73 Å². The van der Waals surface area contributed by atoms with Gasteiger partial charge in [0.05, 0.1) is 0 Å². The van der Waals surface area contributed by atoms with Crippen LogP contribution in [0.25, 0.3) is 0 Å². The maximum Gasteiger partial charge on any atom is 0.217 e. The highest BCUT2D eigenvalue weighted by Crippen LogP contribution is 2.12. The van der Waals surface area contributed by atoms with E-state index in [1.54, 1.807) is 0 Å². The molecule has 0 aliphatic rings. The Morgan fingerprint density at radius 2 is 1.00 bits per heavy atom. The first-order valence-corrected chi connectivity index (χ1v) is 8.05. The van der Waals surface area contributed by atoms with E-state index in [9.17, 15) is 4.79 Å². The van der Waals surface area contributed by atoms with Crippen molar-refractivity contribution in [2.45, 2.75) is 96.8 Å². The average molecular weight is 292 g/mol. The molecular weight excluding hydrogens is 258 g/mol. The van der Waals surface area contributed by atoms with Gasteiger partial charge in [-0.3, -0.25) is 4.79 Å². The molecule has 0 saturated carbocycles. The van der Waals surface area contributed by atoms with E-state index in [0.29, 0.717) is 6.42 Å². The van der Waals surface area contributed by atoms with Gasteiger partial charge in [-0.25, -0.2) is 0 Å². The fourth-order valence-electron chi connectivity index (χ4n) is 2.32. The summed E-state index contributed by atoms with van der Waals surface area (Å²) in [6, 6.07) is 0. The summed E-state index contributed by atoms with van der Waals surface area (Å²) in [5.41, 5.74) is 5.09. The summed E-state index contributed by atoms with van der Waals surface area (Å²) in [6.07, 6.45) is 17.9. The van der Waals surface area contributed by atoms with Crippen molar-refractivity contribution in [3.8, 4) is 0 Å². The Hall–Kier alpha value is -0.240. The molecule has 0 atom stereocenters. The molecule has 3 heteroatoms. The zero-order valence-electron chi connectivity index (χ0n) is 12.8. The summed E-state index contributed by atoms with van der Waals surface area (Å²) < 4.78 is 0. The summed E-state index contributed by atoms with van der Waals surface area (Å²) in [5, 5.41) is 0. The van der Waals surface area contributed by atoms with Crippen LogP contribution in [0, 0.1) is 0 Å². The Labute approximate surface area is 126 Å². The molecule has 0 unspecified atom stereocenters. The summed E-state index contributed by atoms with van der Waals surface area (Å²) in [6.45, 7) is 2.27. The maximum atomic E-state index is 10.5. The molecule has 0 heterocycles. The molecule has 0 aliphatic carbocycles. The van der Waals surface area contributed by atoms with Gasteiger partial charge in [-0.2, -0.15) is 0 Å². The smallest absolute Gasteiger partial charge is 0.217 e. The number of hydrogen-bond donors (Lipinski definition) is 1. The molecule has 0 aromatic heterocycles. The van der Waals surface area contributed by atoms with E-state index in [1.165, 1.54) is 77.0 Å². The van der Waals surface area contributed by atoms with Crippen molar-refractivity contribution in [2.75, 3.05) is 0 Å². The van der Waals surface area contributed by atoms with Crippen LogP contribution in [0.1, 0.15) is 96.8 Å². The Bertz CT molecular complexity index is 186. The van der Waals surface area contributed by atoms with Crippen LogP contribution in [-0.4, -0.2) is 5.91 Å². The Morgan fingerprint density at radius 1 is 0.684 bits per heavy atom. The monoisotopic (exact) mass is 291 g/mol. The first-order valence-electron chi connectivity index (χ1n) is 8.05. The second kappa shape index (κ2) is 17.8. The molecule has 2 nitrogen and oxygen atoms in total. The molecule has 0 fully saturated rings. The topological polar surface area (TPSA) is 43.1 Å². The minimum atomic E-state index is -0.155. The third-order valence-electron chi connectivity index (χ3n) is 3.53. The number of unbranched alkanes of at least 4 members (excludes halogenated alkanes) is 12. The Kier molecular flexibility index (Phi) is 19.7. The Morgan fingerprint density at radius 3 is 1.32 bits per heavy atom. The quantitative estimate of drug-likeness (QED) is 0.429. The predicted molar refractivity (Wildman–Crippen MR) is 86.8 cm³/mol. The molecule has 1 amide bonds. The molecule has 0 saturated heterocycles. The van der Waals surface area contributed by atoms with E-state index in [0.717, 1.165) is 6.42 Å². The van der Waals surface area contributed by atoms with Gasteiger partial charge in [0, 0.05) is 6.42 Å². The number of nitrogens with two attached hydrogens (primary N) is 1. The van der Waals surface area contributed by atoms with Crippen LogP contribution in [0.5, 0.6) is 0 Å². The van der Waals surface area contributed by atoms with Crippen molar-refractivity contribution in [1.29, 1.82) is 0 Å². The maximum absolute atomic E-state index is 10.5. The van der Waals surface area contributed by atoms with E-state index >= 15 is 0 Å². The molecule has 0 aromatic carbocycles. The Balaban J connectivity index is 0. The van der Waals surface area contributed by atoms with Crippen molar-refractivity contribution >= 4 is 18.3 Å². The van der Waals surface area contributed by atoms with Crippen molar-refractivity contribution in [3.05, 3.63) is 0 Å². The number of rotatable bonds is 14. The third-order valence-corrected chi connectivity index (χ3v) is 3.53. The zero-order chi connectivity index (χ0) is 13.5. The van der Waals surface area contributed by atoms with Crippen molar-refractivity contribution in [2.24, 2.45) is 5.73 Å². The minimum Gasteiger partial charge on any atom is -0.370 e. The van der Waals surface area contributed by atoms with E-state index < -0.39 is 0 Å². The lowest BCUT2D eigenvalue weighted by molar-refractivity contribution is -0.118. The fraction of sp³-hybridized carbons (Fsp3) is 0.938. The first-order chi connectivity index (χ1) is 8.77. The van der Waals surface area contributed by atoms with Crippen molar-refractivity contribution in [3.63, 3.8) is 0 Å². The number of carbonyl (C=O) groups is 1. The molecule has 2 N–H and O–H groups in total. The summed E-state index contributed by atoms with van der Waals surface area (Å²) >= 11 is 0. The number of hydrogen-bond acceptors (Lipinski definition) is 1. The van der Waals surface area contributed by atoms with Gasteiger partial charge in [0.25, 0.3) is 0 Å². The first kappa shape index (κ1) is 21.1. The normalized spacial score (nSPS) is 10.2. The number of primary amides is 1. The van der Waals surface area contributed by atoms with Crippen LogP contribution >= 0.6 is 12.4 Å². The summed E-state index contributed by atoms with van der Waals surface area (Å²) in [7, 11) is 0. The van der Waals surface area contributed by atoms with Gasteiger partial charge >= 0.3 is 0 Å². The van der Waals surface area contributed by atoms with Crippen LogP contribution in [0.4, 0.5) is 0 Å². The highest BCUT2D eigenvalue weighted by atomic mass is 35.5. The molecule has 0 rings (SSSR count). The highest BCUT2D eigenvalue weighted by molar-refractivity contribution is 5.85. The van der Waals surface area contributed by atoms with E-state index in [1.807, 2.05) is 0 Å². The predicted octanol–water partition coefficient (Wildman–Crippen LogP) is 5.37. The third kappa shape index (κ3) is 20.2. The van der Waals surface area contributed by atoms with Crippen LogP contribution in [0.2, 0.25) is 0 Å². The van der Waals surface area contributed by atoms with Crippen LogP contribution in [0.15, 0.2) is 0 Å². The molecule has 0 radical (unpaired) electrons. The number of amides is 1. The van der Waals surface area contributed by atoms with Crippen LogP contribution < -0.4 is 5.73 Å². The molecule has 116 valence electrons. The van der Waals surface area contributed by atoms with Gasteiger partial charge in [0.1, 0.15) is 0 Å². The minimum absolute atomic E-state index is 0. The molecule has 0 bridgehead atoms. The number of carbonyl (C=O) groups excluding carboxylic acids is 1. The second-order valence-corrected chi connectivity index (χ2v) is 5.46. The molecule has 0 spiro atoms. The summed E-state index contributed by atoms with van der Waals surface area (Å²) in [4.78, 5) is 10.5. The molecule has 19 heavy (non-hydrogen) atoms. The fourth-order valence-corrected chi connectivity index (χ4v) is 2.32. The van der Waals surface area contributed by atoms with Crippen molar-refractivity contribution < 1.29 is 4.79 Å². The van der Waals surface area contributed by atoms with Gasteiger partial charge in [0.15, 0.2) is 0 Å². The van der Waals surface area contributed by atoms with E-state index in [-0.39, 0.29) is 18.3 Å². The SMILES string of the molecule is CCCCCCCCCCCCCCCC(N)=O.Cl. The van der Waals surface area contributed by atoms with Gasteiger partial charge in [-0.05, 0) is 6.42 Å². The van der Waals surface area contributed by atoms with Gasteiger partial charge < -0.3 is 5.73 Å². The zero-order valence-corrected chi connectivity index (χ0v) is 13.6. The molecule has 0 aliphatic heterocycles. The average Bonchev–Trinajstić information content (AvgIpc) is 2.34. The number of halogens is 1. The molecular formula is C16H34ClNO. The highest BCUT2D eigenvalue weighted by Gasteiger charge is 1.95. The van der Waals surface area contributed by atoms with Crippen molar-refractivity contribution in [1.82, 2.24) is 0 Å². The van der Waals surface area contributed by atoms with Crippen LogP contribution in [-0.2, 0) is 4.79 Å². The van der Waals surface area contributed by atoms with Crippen LogP contribution in [0.3, 0.4) is 0 Å². The van der Waals surface area contributed by atoms with Gasteiger partial charge in [-0.15, -0.1) is 12.4 Å². The lowest BCUT2D eigenvalue weighted by Gasteiger charge is -2.02.